The van der Waals surface area contributed by atoms with Crippen molar-refractivity contribution in [3.05, 3.63) is 79.9 Å². The second-order valence-corrected chi connectivity index (χ2v) is 11.0. The third-order valence-electron chi connectivity index (χ3n) is 7.92. The van der Waals surface area contributed by atoms with Crippen LogP contribution in [0, 0.1) is 0 Å². The molecule has 0 amide bonds. The van der Waals surface area contributed by atoms with Gasteiger partial charge in [0.2, 0.25) is 0 Å². The molecule has 0 saturated heterocycles. The molecule has 0 fully saturated rings. The zero-order valence-corrected chi connectivity index (χ0v) is 26.3. The summed E-state index contributed by atoms with van der Waals surface area (Å²) in [5, 5.41) is 0. The van der Waals surface area contributed by atoms with Gasteiger partial charge in [0.1, 0.15) is 22.9 Å². The summed E-state index contributed by atoms with van der Waals surface area (Å²) >= 11 is 0. The lowest BCUT2D eigenvalue weighted by Crippen LogP contribution is -2.02. The topological polar surface area (TPSA) is 67.0 Å². The van der Waals surface area contributed by atoms with Gasteiger partial charge in [0.15, 0.2) is 11.6 Å². The number of pyridine rings is 1. The van der Waals surface area contributed by atoms with Gasteiger partial charge in [-0.2, -0.15) is 0 Å². The first kappa shape index (κ1) is 31.0. The van der Waals surface area contributed by atoms with E-state index in [9.17, 15) is 0 Å². The fourth-order valence-electron chi connectivity index (χ4n) is 5.63. The molecule has 0 spiro atoms. The van der Waals surface area contributed by atoms with Crippen LogP contribution in [0.25, 0.3) is 45.1 Å². The third-order valence-corrected chi connectivity index (χ3v) is 7.92. The maximum atomic E-state index is 6.05. The van der Waals surface area contributed by atoms with Crippen molar-refractivity contribution in [2.75, 3.05) is 13.2 Å². The fraction of sp³-hybridized carbons (Fsp3) is 0.378. The molecule has 5 rings (SSSR count). The number of aryl methyl sites for hydroxylation is 2. The normalized spacial score (nSPS) is 11.3. The Hall–Kier alpha value is -4.39. The SMILES string of the molecule is C=CCCCCCOc1ccc2c(c1)nc(-c1cccc(-c3nc4cc(OCCCCCC=C)ccc4n3CC)n1)n2CC. The summed E-state index contributed by atoms with van der Waals surface area (Å²) in [5.41, 5.74) is 5.60. The van der Waals surface area contributed by atoms with Gasteiger partial charge in [-0.05, 0) is 102 Å². The van der Waals surface area contributed by atoms with Gasteiger partial charge in [0.05, 0.1) is 35.3 Å². The highest BCUT2D eigenvalue weighted by Crippen LogP contribution is 2.30. The molecule has 0 bridgehead atoms. The van der Waals surface area contributed by atoms with Crippen LogP contribution in [0.4, 0.5) is 0 Å². The molecule has 2 aromatic carbocycles. The first-order chi connectivity index (χ1) is 21.7. The molecule has 7 nitrogen and oxygen atoms in total. The lowest BCUT2D eigenvalue weighted by atomic mass is 10.2. The number of hydrogen-bond donors (Lipinski definition) is 0. The average Bonchev–Trinajstić information content (AvgIpc) is 3.62. The van der Waals surface area contributed by atoms with Crippen molar-refractivity contribution < 1.29 is 9.47 Å². The van der Waals surface area contributed by atoms with Crippen molar-refractivity contribution in [3.63, 3.8) is 0 Å². The predicted molar refractivity (Wildman–Crippen MR) is 181 cm³/mol. The molecule has 0 N–H and O–H groups in total. The Morgan fingerprint density at radius 3 is 1.52 bits per heavy atom. The van der Waals surface area contributed by atoms with Gasteiger partial charge in [-0.25, -0.2) is 15.0 Å². The maximum absolute atomic E-state index is 6.05. The highest BCUT2D eigenvalue weighted by Gasteiger charge is 2.18. The van der Waals surface area contributed by atoms with Crippen LogP contribution < -0.4 is 9.47 Å². The molecule has 0 radical (unpaired) electrons. The Bertz CT molecular complexity index is 1580. The van der Waals surface area contributed by atoms with Gasteiger partial charge in [-0.3, -0.25) is 0 Å². The van der Waals surface area contributed by atoms with Crippen molar-refractivity contribution in [1.29, 1.82) is 0 Å². The Morgan fingerprint density at radius 2 is 1.09 bits per heavy atom. The van der Waals surface area contributed by atoms with Crippen molar-refractivity contribution in [1.82, 2.24) is 24.1 Å². The number of allylic oxidation sites excluding steroid dienone is 2. The Kier molecular flexibility index (Phi) is 10.8. The molecule has 3 heterocycles. The number of imidazole rings is 2. The summed E-state index contributed by atoms with van der Waals surface area (Å²) in [6, 6.07) is 18.4. The highest BCUT2D eigenvalue weighted by molar-refractivity contribution is 5.83. The van der Waals surface area contributed by atoms with E-state index in [1.165, 1.54) is 0 Å². The van der Waals surface area contributed by atoms with Crippen LogP contribution in [0.3, 0.4) is 0 Å². The molecule has 3 aromatic heterocycles. The van der Waals surface area contributed by atoms with E-state index < -0.39 is 0 Å². The molecule has 0 aliphatic carbocycles. The molecule has 0 aliphatic heterocycles. The largest absolute Gasteiger partial charge is 0.494 e. The third kappa shape index (κ3) is 7.21. The summed E-state index contributed by atoms with van der Waals surface area (Å²) in [6.07, 6.45) is 12.7. The van der Waals surface area contributed by atoms with Crippen LogP contribution in [0.5, 0.6) is 11.5 Å². The monoisotopic (exact) mass is 591 g/mol. The standard InChI is InChI=1S/C37H45N5O2/c1-5-9-11-13-15-24-43-28-20-22-34-32(26-28)39-36(41(34)7-3)30-18-17-19-31(38-30)37-40-33-27-29(21-23-35(33)42(37)8-4)44-25-16-14-12-10-6-2/h5-6,17-23,26-27H,1-2,7-16,24-25H2,3-4H3. The molecule has 0 aliphatic rings. The Labute approximate surface area is 261 Å². The summed E-state index contributed by atoms with van der Waals surface area (Å²) < 4.78 is 16.5. The van der Waals surface area contributed by atoms with Gasteiger partial charge in [0.25, 0.3) is 0 Å². The van der Waals surface area contributed by atoms with E-state index in [0.29, 0.717) is 13.2 Å². The van der Waals surface area contributed by atoms with E-state index in [1.54, 1.807) is 0 Å². The summed E-state index contributed by atoms with van der Waals surface area (Å²) in [4.78, 5) is 15.1. The van der Waals surface area contributed by atoms with Crippen LogP contribution in [-0.4, -0.2) is 37.3 Å². The number of ether oxygens (including phenoxy) is 2. The molecule has 0 saturated carbocycles. The fourth-order valence-corrected chi connectivity index (χ4v) is 5.63. The van der Waals surface area contributed by atoms with Gasteiger partial charge < -0.3 is 18.6 Å². The number of rotatable bonds is 18. The number of hydrogen-bond acceptors (Lipinski definition) is 5. The van der Waals surface area contributed by atoms with Crippen LogP contribution in [0.15, 0.2) is 79.9 Å². The first-order valence-electron chi connectivity index (χ1n) is 16.1. The lowest BCUT2D eigenvalue weighted by Gasteiger charge is -2.09. The van der Waals surface area contributed by atoms with E-state index >= 15 is 0 Å². The quantitative estimate of drug-likeness (QED) is 0.0750. The minimum atomic E-state index is 0.704. The summed E-state index contributed by atoms with van der Waals surface area (Å²) in [5.74, 6) is 3.38. The van der Waals surface area contributed by atoms with Gasteiger partial charge >= 0.3 is 0 Å². The minimum Gasteiger partial charge on any atom is -0.494 e. The lowest BCUT2D eigenvalue weighted by molar-refractivity contribution is 0.305. The van der Waals surface area contributed by atoms with Crippen molar-refractivity contribution >= 4 is 22.1 Å². The number of unbranched alkanes of at least 4 members (excludes halogenated alkanes) is 6. The van der Waals surface area contributed by atoms with Crippen LogP contribution >= 0.6 is 0 Å². The molecule has 230 valence electrons. The second kappa shape index (κ2) is 15.4. The van der Waals surface area contributed by atoms with E-state index in [2.05, 4.69) is 48.3 Å². The van der Waals surface area contributed by atoms with Gasteiger partial charge in [-0.1, -0.05) is 18.2 Å². The molecule has 44 heavy (non-hydrogen) atoms. The van der Waals surface area contributed by atoms with Crippen molar-refractivity contribution in [2.45, 2.75) is 78.3 Å². The second-order valence-electron chi connectivity index (χ2n) is 11.0. The number of benzene rings is 2. The molecule has 0 unspecified atom stereocenters. The van der Waals surface area contributed by atoms with Gasteiger partial charge in [-0.15, -0.1) is 13.2 Å². The van der Waals surface area contributed by atoms with Crippen LogP contribution in [0.2, 0.25) is 0 Å². The van der Waals surface area contributed by atoms with E-state index in [-0.39, 0.29) is 0 Å². The molecule has 5 aromatic rings. The van der Waals surface area contributed by atoms with Crippen LogP contribution in [0.1, 0.15) is 65.2 Å². The molecule has 0 atom stereocenters. The summed E-state index contributed by atoms with van der Waals surface area (Å²) in [6.45, 7) is 14.8. The maximum Gasteiger partial charge on any atom is 0.159 e. The summed E-state index contributed by atoms with van der Waals surface area (Å²) in [7, 11) is 0. The zero-order valence-electron chi connectivity index (χ0n) is 26.3. The van der Waals surface area contributed by atoms with Gasteiger partial charge in [0, 0.05) is 25.2 Å². The number of nitrogens with zero attached hydrogens (tertiary/aromatic N) is 5. The van der Waals surface area contributed by atoms with Crippen molar-refractivity contribution in [3.8, 4) is 34.5 Å². The first-order valence-corrected chi connectivity index (χ1v) is 16.1. The molecule has 7 heteroatoms. The van der Waals surface area contributed by atoms with E-state index in [1.807, 2.05) is 54.6 Å². The zero-order chi connectivity index (χ0) is 30.7. The Morgan fingerprint density at radius 1 is 0.614 bits per heavy atom. The smallest absolute Gasteiger partial charge is 0.159 e. The van der Waals surface area contributed by atoms with Crippen LogP contribution in [-0.2, 0) is 13.1 Å². The van der Waals surface area contributed by atoms with Crippen molar-refractivity contribution in [2.24, 2.45) is 0 Å². The van der Waals surface area contributed by atoms with E-state index in [0.717, 1.165) is 121 Å². The number of fused-ring (bicyclic) bond motifs is 2. The Balaban J connectivity index is 1.37. The van der Waals surface area contributed by atoms with E-state index in [4.69, 9.17) is 24.4 Å². The number of aromatic nitrogens is 5. The highest BCUT2D eigenvalue weighted by atomic mass is 16.5. The average molecular weight is 592 g/mol. The minimum absolute atomic E-state index is 0.704. The molecular formula is C37H45N5O2. The predicted octanol–water partition coefficient (Wildman–Crippen LogP) is 9.41. The molecular weight excluding hydrogens is 546 g/mol.